The molecule has 6 nitrogen and oxygen atoms in total. The van der Waals surface area contributed by atoms with Gasteiger partial charge in [0.15, 0.2) is 0 Å². The van der Waals surface area contributed by atoms with E-state index in [0.717, 1.165) is 0 Å². The highest BCUT2D eigenvalue weighted by Gasteiger charge is 2.30. The number of hydrogen-bond acceptors (Lipinski definition) is 3. The van der Waals surface area contributed by atoms with Crippen molar-refractivity contribution in [3.8, 4) is 0 Å². The van der Waals surface area contributed by atoms with Crippen LogP contribution in [0.3, 0.4) is 0 Å². The van der Waals surface area contributed by atoms with Gasteiger partial charge in [-0.25, -0.2) is 0 Å². The Morgan fingerprint density at radius 2 is 1.83 bits per heavy atom. The van der Waals surface area contributed by atoms with E-state index in [1.165, 1.54) is 12.3 Å². The van der Waals surface area contributed by atoms with Gasteiger partial charge in [-0.1, -0.05) is 11.6 Å². The molecule has 126 valence electrons. The molecule has 1 aromatic heterocycles. The first-order valence-electron chi connectivity index (χ1n) is 7.80. The minimum atomic E-state index is -0.795. The molecular weight excluding hydrogens is 332 g/mol. The number of pyridine rings is 1. The summed E-state index contributed by atoms with van der Waals surface area (Å²) in [5.41, 5.74) is 0.222. The Morgan fingerprint density at radius 1 is 1.17 bits per heavy atom. The number of nitrogens with one attached hydrogen (secondary N) is 2. The summed E-state index contributed by atoms with van der Waals surface area (Å²) in [4.78, 5) is 37.7. The predicted octanol–water partition coefficient (Wildman–Crippen LogP) is 3.01. The Bertz CT molecular complexity index is 853. The zero-order valence-corrected chi connectivity index (χ0v) is 13.6. The molecule has 0 aliphatic heterocycles. The van der Waals surface area contributed by atoms with E-state index in [9.17, 15) is 14.4 Å². The van der Waals surface area contributed by atoms with Crippen molar-refractivity contribution in [1.29, 1.82) is 0 Å². The monoisotopic (exact) mass is 348 g/mol. The number of carboxylic acids is 1. The van der Waals surface area contributed by atoms with Crippen LogP contribution < -0.4 is 10.9 Å². The summed E-state index contributed by atoms with van der Waals surface area (Å²) in [6.45, 7) is 0. The van der Waals surface area contributed by atoms with Gasteiger partial charge in [0.2, 0.25) is 5.91 Å². The third kappa shape index (κ3) is 3.28. The molecule has 3 N–H and O–H groups in total. The van der Waals surface area contributed by atoms with E-state index in [4.69, 9.17) is 16.7 Å². The number of fused-ring (bicyclic) bond motifs is 1. The minimum absolute atomic E-state index is 0.162. The average Bonchev–Trinajstić information content (AvgIpc) is 2.56. The second-order valence-electron chi connectivity index (χ2n) is 6.10. The van der Waals surface area contributed by atoms with Gasteiger partial charge < -0.3 is 15.4 Å². The van der Waals surface area contributed by atoms with Gasteiger partial charge in [0.05, 0.1) is 16.6 Å². The Balaban J connectivity index is 1.75. The Labute approximate surface area is 142 Å². The summed E-state index contributed by atoms with van der Waals surface area (Å²) in [6, 6.07) is 4.95. The SMILES string of the molecule is O=c1[nH]ccc2cc(NC(=O)[C@H]3CC[C@@H](C(=O)O)CC3)c(Cl)cc12. The van der Waals surface area contributed by atoms with E-state index in [1.807, 2.05) is 0 Å². The van der Waals surface area contributed by atoms with Crippen LogP contribution in [0.15, 0.2) is 29.2 Å². The van der Waals surface area contributed by atoms with Crippen LogP contribution in [-0.2, 0) is 9.59 Å². The van der Waals surface area contributed by atoms with Gasteiger partial charge in [0.25, 0.3) is 5.56 Å². The number of anilines is 1. The number of aromatic nitrogens is 1. The van der Waals surface area contributed by atoms with Crippen LogP contribution in [0.25, 0.3) is 10.8 Å². The number of benzene rings is 1. The van der Waals surface area contributed by atoms with Gasteiger partial charge >= 0.3 is 5.97 Å². The summed E-state index contributed by atoms with van der Waals surface area (Å²) in [5.74, 6) is -1.53. The van der Waals surface area contributed by atoms with Gasteiger partial charge in [-0.15, -0.1) is 0 Å². The molecule has 1 amide bonds. The first-order valence-corrected chi connectivity index (χ1v) is 8.18. The summed E-state index contributed by atoms with van der Waals surface area (Å²) < 4.78 is 0. The van der Waals surface area contributed by atoms with Crippen LogP contribution in [0.2, 0.25) is 5.02 Å². The van der Waals surface area contributed by atoms with Crippen molar-refractivity contribution in [3.05, 3.63) is 39.8 Å². The molecule has 1 saturated carbocycles. The largest absolute Gasteiger partial charge is 0.481 e. The smallest absolute Gasteiger partial charge is 0.306 e. The van der Waals surface area contributed by atoms with E-state index >= 15 is 0 Å². The molecular formula is C17H17ClN2O4. The van der Waals surface area contributed by atoms with Crippen LogP contribution in [0.5, 0.6) is 0 Å². The lowest BCUT2D eigenvalue weighted by Crippen LogP contribution is -2.29. The van der Waals surface area contributed by atoms with E-state index in [0.29, 0.717) is 47.2 Å². The van der Waals surface area contributed by atoms with E-state index in [-0.39, 0.29) is 23.3 Å². The first kappa shape index (κ1) is 16.5. The molecule has 1 fully saturated rings. The molecule has 0 bridgehead atoms. The Hall–Kier alpha value is -2.34. The van der Waals surface area contributed by atoms with Gasteiger partial charge in [0.1, 0.15) is 0 Å². The third-order valence-corrected chi connectivity index (χ3v) is 4.88. The molecule has 1 aliphatic carbocycles. The fraction of sp³-hybridized carbons (Fsp3) is 0.353. The molecule has 1 aromatic carbocycles. The molecule has 1 heterocycles. The van der Waals surface area contributed by atoms with E-state index in [1.54, 1.807) is 12.1 Å². The normalized spacial score (nSPS) is 20.7. The second kappa shape index (κ2) is 6.65. The predicted molar refractivity (Wildman–Crippen MR) is 91.3 cm³/mol. The first-order chi connectivity index (χ1) is 11.5. The Morgan fingerprint density at radius 3 is 2.50 bits per heavy atom. The molecule has 0 unspecified atom stereocenters. The number of carboxylic acid groups (broad SMARTS) is 1. The van der Waals surface area contributed by atoms with Crippen LogP contribution in [0.1, 0.15) is 25.7 Å². The Kier molecular flexibility index (Phi) is 4.57. The number of rotatable bonds is 3. The van der Waals surface area contributed by atoms with Crippen LogP contribution in [-0.4, -0.2) is 22.0 Å². The highest BCUT2D eigenvalue weighted by Crippen LogP contribution is 2.31. The molecule has 2 aromatic rings. The molecule has 0 saturated heterocycles. The fourth-order valence-electron chi connectivity index (χ4n) is 3.14. The number of aromatic amines is 1. The van der Waals surface area contributed by atoms with E-state index in [2.05, 4.69) is 10.3 Å². The standard InChI is InChI=1S/C17H17ClN2O4/c18-13-8-12-11(5-6-19-16(12)22)7-14(13)20-15(21)9-1-3-10(4-2-9)17(23)24/h5-10H,1-4H2,(H,19,22)(H,20,21)(H,23,24)/t9-,10+. The molecule has 24 heavy (non-hydrogen) atoms. The highest BCUT2D eigenvalue weighted by atomic mass is 35.5. The number of amides is 1. The molecule has 1 aliphatic rings. The van der Waals surface area contributed by atoms with Crippen molar-refractivity contribution in [3.63, 3.8) is 0 Å². The molecule has 3 rings (SSSR count). The quantitative estimate of drug-likeness (QED) is 0.793. The molecule has 0 spiro atoms. The fourth-order valence-corrected chi connectivity index (χ4v) is 3.35. The maximum Gasteiger partial charge on any atom is 0.306 e. The van der Waals surface area contributed by atoms with Gasteiger partial charge in [-0.3, -0.25) is 14.4 Å². The summed E-state index contributed by atoms with van der Waals surface area (Å²) in [7, 11) is 0. The van der Waals surface area contributed by atoms with Gasteiger partial charge in [-0.2, -0.15) is 0 Å². The maximum absolute atomic E-state index is 12.4. The van der Waals surface area contributed by atoms with Gasteiger partial charge in [-0.05, 0) is 49.3 Å². The number of carbonyl (C=O) groups is 2. The number of aliphatic carboxylic acids is 1. The number of carbonyl (C=O) groups excluding carboxylic acids is 1. The van der Waals surface area contributed by atoms with Crippen molar-refractivity contribution in [1.82, 2.24) is 4.98 Å². The van der Waals surface area contributed by atoms with Crippen LogP contribution in [0.4, 0.5) is 5.69 Å². The average molecular weight is 349 g/mol. The van der Waals surface area contributed by atoms with Crippen molar-refractivity contribution >= 4 is 39.9 Å². The van der Waals surface area contributed by atoms with Crippen LogP contribution in [0, 0.1) is 11.8 Å². The summed E-state index contributed by atoms with van der Waals surface area (Å²) >= 11 is 6.18. The van der Waals surface area contributed by atoms with Gasteiger partial charge in [0, 0.05) is 17.5 Å². The summed E-state index contributed by atoms with van der Waals surface area (Å²) in [6.07, 6.45) is 3.65. The van der Waals surface area contributed by atoms with Crippen molar-refractivity contribution in [2.75, 3.05) is 5.32 Å². The second-order valence-corrected chi connectivity index (χ2v) is 6.51. The minimum Gasteiger partial charge on any atom is -0.481 e. The molecule has 0 atom stereocenters. The lowest BCUT2D eigenvalue weighted by atomic mass is 9.81. The lowest BCUT2D eigenvalue weighted by molar-refractivity contribution is -0.143. The summed E-state index contributed by atoms with van der Waals surface area (Å²) in [5, 5.41) is 13.3. The van der Waals surface area contributed by atoms with Crippen molar-refractivity contribution < 1.29 is 14.7 Å². The van der Waals surface area contributed by atoms with Crippen LogP contribution >= 0.6 is 11.6 Å². The number of H-pyrrole nitrogens is 1. The van der Waals surface area contributed by atoms with Crippen molar-refractivity contribution in [2.24, 2.45) is 11.8 Å². The third-order valence-electron chi connectivity index (χ3n) is 4.57. The zero-order chi connectivity index (χ0) is 17.3. The van der Waals surface area contributed by atoms with E-state index < -0.39 is 5.97 Å². The lowest BCUT2D eigenvalue weighted by Gasteiger charge is -2.25. The maximum atomic E-state index is 12.4. The molecule has 7 heteroatoms. The highest BCUT2D eigenvalue weighted by molar-refractivity contribution is 6.34. The molecule has 0 radical (unpaired) electrons. The topological polar surface area (TPSA) is 99.3 Å². The zero-order valence-electron chi connectivity index (χ0n) is 12.8. The number of halogens is 1. The number of hydrogen-bond donors (Lipinski definition) is 3. The van der Waals surface area contributed by atoms with Crippen molar-refractivity contribution in [2.45, 2.75) is 25.7 Å².